The molecule has 1 aliphatic rings. The van der Waals surface area contributed by atoms with E-state index in [-0.39, 0.29) is 0 Å². The number of piperidine rings is 1. The fraction of sp³-hybridized carbons (Fsp3) is 0.750. The Morgan fingerprint density at radius 2 is 2.19 bits per heavy atom. The Kier molecular flexibility index (Phi) is 6.23. The van der Waals surface area contributed by atoms with E-state index in [1.54, 1.807) is 0 Å². The zero-order valence-corrected chi connectivity index (χ0v) is 13.6. The van der Waals surface area contributed by atoms with Crippen LogP contribution in [0.1, 0.15) is 45.4 Å². The molecule has 2 rings (SSSR count). The summed E-state index contributed by atoms with van der Waals surface area (Å²) in [6, 6.07) is 2.50. The van der Waals surface area contributed by atoms with E-state index in [0.717, 1.165) is 31.3 Å². The van der Waals surface area contributed by atoms with Gasteiger partial charge < -0.3 is 15.0 Å². The molecule has 1 aromatic heterocycles. The van der Waals surface area contributed by atoms with Crippen molar-refractivity contribution in [3.05, 3.63) is 11.9 Å². The van der Waals surface area contributed by atoms with Crippen molar-refractivity contribution in [1.29, 1.82) is 0 Å². The van der Waals surface area contributed by atoms with Crippen LogP contribution in [0.4, 0.5) is 5.82 Å². The van der Waals surface area contributed by atoms with E-state index >= 15 is 0 Å². The van der Waals surface area contributed by atoms with E-state index in [2.05, 4.69) is 27.1 Å². The molecule has 0 aliphatic carbocycles. The molecule has 118 valence electrons. The van der Waals surface area contributed by atoms with Gasteiger partial charge in [-0.15, -0.1) is 0 Å². The number of ether oxygens (including phenoxy) is 1. The number of aromatic nitrogens is 2. The topological polar surface area (TPSA) is 50.3 Å². The predicted molar refractivity (Wildman–Crippen MR) is 86.1 cm³/mol. The number of hydrogen-bond donors (Lipinski definition) is 1. The van der Waals surface area contributed by atoms with Gasteiger partial charge in [-0.05, 0) is 46.1 Å². The largest absolute Gasteiger partial charge is 0.478 e. The molecule has 1 N–H and O–H groups in total. The fourth-order valence-corrected chi connectivity index (χ4v) is 2.85. The van der Waals surface area contributed by atoms with Gasteiger partial charge in [0.25, 0.3) is 0 Å². The van der Waals surface area contributed by atoms with Gasteiger partial charge >= 0.3 is 0 Å². The van der Waals surface area contributed by atoms with E-state index in [1.165, 1.54) is 25.7 Å². The SMILES string of the molecule is CCCNCC1CCCCN1c1cc(OCC)nc(C)n1. The van der Waals surface area contributed by atoms with Gasteiger partial charge in [0.05, 0.1) is 6.61 Å². The zero-order valence-electron chi connectivity index (χ0n) is 13.6. The molecular formula is C16H28N4O. The highest BCUT2D eigenvalue weighted by Gasteiger charge is 2.24. The summed E-state index contributed by atoms with van der Waals surface area (Å²) in [7, 11) is 0. The summed E-state index contributed by atoms with van der Waals surface area (Å²) in [5.41, 5.74) is 0. The van der Waals surface area contributed by atoms with Gasteiger partial charge in [0.1, 0.15) is 11.6 Å². The molecule has 2 heterocycles. The lowest BCUT2D eigenvalue weighted by atomic mass is 10.0. The molecule has 1 aromatic rings. The van der Waals surface area contributed by atoms with Gasteiger partial charge in [-0.3, -0.25) is 0 Å². The third-order valence-electron chi connectivity index (χ3n) is 3.82. The summed E-state index contributed by atoms with van der Waals surface area (Å²) >= 11 is 0. The molecule has 0 saturated carbocycles. The Balaban J connectivity index is 2.12. The van der Waals surface area contributed by atoms with Crippen molar-refractivity contribution in [2.75, 3.05) is 31.1 Å². The first-order valence-electron chi connectivity index (χ1n) is 8.20. The standard InChI is InChI=1S/C16H28N4O/c1-4-9-17-12-14-8-6-7-10-20(14)15-11-16(21-5-2)19-13(3)18-15/h11,14,17H,4-10,12H2,1-3H3. The normalized spacial score (nSPS) is 18.8. The lowest BCUT2D eigenvalue weighted by Gasteiger charge is -2.37. The maximum Gasteiger partial charge on any atom is 0.218 e. The number of nitrogens with zero attached hydrogens (tertiary/aromatic N) is 3. The molecule has 1 aliphatic heterocycles. The first kappa shape index (κ1) is 16.0. The monoisotopic (exact) mass is 292 g/mol. The van der Waals surface area contributed by atoms with Crippen LogP contribution in [-0.4, -0.2) is 42.3 Å². The summed E-state index contributed by atoms with van der Waals surface area (Å²) in [5.74, 6) is 2.47. The fourth-order valence-electron chi connectivity index (χ4n) is 2.85. The van der Waals surface area contributed by atoms with Crippen molar-refractivity contribution >= 4 is 5.82 Å². The predicted octanol–water partition coefficient (Wildman–Crippen LogP) is 2.54. The molecule has 0 spiro atoms. The van der Waals surface area contributed by atoms with Gasteiger partial charge in [0.2, 0.25) is 5.88 Å². The zero-order chi connectivity index (χ0) is 15.1. The van der Waals surface area contributed by atoms with Crippen LogP contribution in [0.2, 0.25) is 0 Å². The smallest absolute Gasteiger partial charge is 0.218 e. The van der Waals surface area contributed by atoms with Gasteiger partial charge in [-0.1, -0.05) is 6.92 Å². The van der Waals surface area contributed by atoms with Gasteiger partial charge in [-0.2, -0.15) is 4.98 Å². The summed E-state index contributed by atoms with van der Waals surface area (Å²) < 4.78 is 5.56. The lowest BCUT2D eigenvalue weighted by molar-refractivity contribution is 0.325. The van der Waals surface area contributed by atoms with E-state index < -0.39 is 0 Å². The molecule has 5 nitrogen and oxygen atoms in total. The van der Waals surface area contributed by atoms with Crippen LogP contribution in [0.5, 0.6) is 5.88 Å². The van der Waals surface area contributed by atoms with Crippen LogP contribution in [0.3, 0.4) is 0 Å². The van der Waals surface area contributed by atoms with Crippen molar-refractivity contribution < 1.29 is 4.74 Å². The molecule has 21 heavy (non-hydrogen) atoms. The van der Waals surface area contributed by atoms with Crippen molar-refractivity contribution in [3.63, 3.8) is 0 Å². The Bertz CT molecular complexity index is 438. The van der Waals surface area contributed by atoms with E-state index in [0.29, 0.717) is 18.5 Å². The molecule has 0 bridgehead atoms. The minimum Gasteiger partial charge on any atom is -0.478 e. The maximum atomic E-state index is 5.56. The molecule has 1 fully saturated rings. The second kappa shape index (κ2) is 8.17. The third kappa shape index (κ3) is 4.56. The minimum absolute atomic E-state index is 0.522. The van der Waals surface area contributed by atoms with E-state index in [9.17, 15) is 0 Å². The van der Waals surface area contributed by atoms with Crippen molar-refractivity contribution in [1.82, 2.24) is 15.3 Å². The summed E-state index contributed by atoms with van der Waals surface area (Å²) in [6.45, 7) is 9.93. The number of hydrogen-bond acceptors (Lipinski definition) is 5. The third-order valence-corrected chi connectivity index (χ3v) is 3.82. The van der Waals surface area contributed by atoms with E-state index in [4.69, 9.17) is 4.74 Å². The van der Waals surface area contributed by atoms with Gasteiger partial charge in [0.15, 0.2) is 0 Å². The second-order valence-corrected chi connectivity index (χ2v) is 5.59. The first-order chi connectivity index (χ1) is 10.2. The van der Waals surface area contributed by atoms with Gasteiger partial charge in [0, 0.05) is 25.2 Å². The number of aryl methyl sites for hydroxylation is 1. The van der Waals surface area contributed by atoms with Crippen LogP contribution in [0.15, 0.2) is 6.07 Å². The van der Waals surface area contributed by atoms with Crippen LogP contribution in [0.25, 0.3) is 0 Å². The Hall–Kier alpha value is -1.36. The summed E-state index contributed by atoms with van der Waals surface area (Å²) in [6.07, 6.45) is 4.94. The highest BCUT2D eigenvalue weighted by Crippen LogP contribution is 2.25. The average molecular weight is 292 g/mol. The van der Waals surface area contributed by atoms with Crippen LogP contribution < -0.4 is 15.0 Å². The highest BCUT2D eigenvalue weighted by molar-refractivity contribution is 5.43. The van der Waals surface area contributed by atoms with Crippen LogP contribution in [0, 0.1) is 6.92 Å². The van der Waals surface area contributed by atoms with Crippen LogP contribution in [-0.2, 0) is 0 Å². The van der Waals surface area contributed by atoms with Crippen molar-refractivity contribution in [2.24, 2.45) is 0 Å². The highest BCUT2D eigenvalue weighted by atomic mass is 16.5. The van der Waals surface area contributed by atoms with Gasteiger partial charge in [-0.25, -0.2) is 4.98 Å². The first-order valence-corrected chi connectivity index (χ1v) is 8.20. The van der Waals surface area contributed by atoms with Crippen molar-refractivity contribution in [3.8, 4) is 5.88 Å². The number of anilines is 1. The Morgan fingerprint density at radius 1 is 1.33 bits per heavy atom. The Labute approximate surface area is 128 Å². The molecular weight excluding hydrogens is 264 g/mol. The second-order valence-electron chi connectivity index (χ2n) is 5.59. The maximum absolute atomic E-state index is 5.56. The van der Waals surface area contributed by atoms with Crippen molar-refractivity contribution in [2.45, 2.75) is 52.5 Å². The molecule has 1 saturated heterocycles. The van der Waals surface area contributed by atoms with Crippen LogP contribution >= 0.6 is 0 Å². The molecule has 0 amide bonds. The number of rotatable bonds is 7. The van der Waals surface area contributed by atoms with E-state index in [1.807, 2.05) is 19.9 Å². The molecule has 0 radical (unpaired) electrons. The Morgan fingerprint density at radius 3 is 2.95 bits per heavy atom. The molecule has 0 aromatic carbocycles. The molecule has 1 unspecified atom stereocenters. The minimum atomic E-state index is 0.522. The lowest BCUT2D eigenvalue weighted by Crippen LogP contribution is -2.46. The number of nitrogens with one attached hydrogen (secondary N) is 1. The molecule has 1 atom stereocenters. The average Bonchev–Trinajstić information content (AvgIpc) is 2.48. The quantitative estimate of drug-likeness (QED) is 0.783. The molecule has 5 heteroatoms. The summed E-state index contributed by atoms with van der Waals surface area (Å²) in [4.78, 5) is 11.4. The summed E-state index contributed by atoms with van der Waals surface area (Å²) in [5, 5.41) is 3.54.